The first kappa shape index (κ1) is 17.2. The number of hydrogen-bond acceptors (Lipinski definition) is 5. The zero-order chi connectivity index (χ0) is 17.3. The van der Waals surface area contributed by atoms with Crippen molar-refractivity contribution in [2.45, 2.75) is 4.90 Å². The maximum Gasteiger partial charge on any atom is 0.339 e. The van der Waals surface area contributed by atoms with Gasteiger partial charge < -0.3 is 8.92 Å². The fourth-order valence-electron chi connectivity index (χ4n) is 2.13. The van der Waals surface area contributed by atoms with Gasteiger partial charge in [0.1, 0.15) is 16.2 Å². The standard InChI is InChI=1S/C16H11Br2NO4S/c1-22-10-4-6-11(7-5-10)24(20,21)23-16-14(18)9-13(17)12-3-2-8-19-15(12)16/h2-9H,1H3. The van der Waals surface area contributed by atoms with Gasteiger partial charge in [-0.05, 0) is 52.3 Å². The highest BCUT2D eigenvalue weighted by atomic mass is 79.9. The van der Waals surface area contributed by atoms with Crippen molar-refractivity contribution < 1.29 is 17.3 Å². The van der Waals surface area contributed by atoms with Crippen LogP contribution in [0.4, 0.5) is 0 Å². The topological polar surface area (TPSA) is 65.5 Å². The van der Waals surface area contributed by atoms with Crippen molar-refractivity contribution in [2.24, 2.45) is 0 Å². The SMILES string of the molecule is COc1ccc(S(=O)(=O)Oc2c(Br)cc(Br)c3cccnc23)cc1. The first-order chi connectivity index (χ1) is 11.4. The number of rotatable bonds is 4. The summed E-state index contributed by atoms with van der Waals surface area (Å²) in [6.45, 7) is 0. The zero-order valence-corrected chi connectivity index (χ0v) is 16.4. The Bertz CT molecular complexity index is 1000. The molecule has 0 radical (unpaired) electrons. The molecule has 0 fully saturated rings. The van der Waals surface area contributed by atoms with Gasteiger partial charge in [0, 0.05) is 16.1 Å². The molecule has 0 N–H and O–H groups in total. The predicted molar refractivity (Wildman–Crippen MR) is 98.0 cm³/mol. The van der Waals surface area contributed by atoms with E-state index in [1.54, 1.807) is 30.5 Å². The molecule has 0 bridgehead atoms. The maximum absolute atomic E-state index is 12.6. The van der Waals surface area contributed by atoms with Crippen molar-refractivity contribution >= 4 is 52.9 Å². The van der Waals surface area contributed by atoms with Gasteiger partial charge in [0.15, 0.2) is 5.75 Å². The van der Waals surface area contributed by atoms with Crippen LogP contribution in [-0.2, 0) is 10.1 Å². The number of hydrogen-bond donors (Lipinski definition) is 0. The molecule has 8 heteroatoms. The normalized spacial score (nSPS) is 11.5. The van der Waals surface area contributed by atoms with Crippen LogP contribution in [0.25, 0.3) is 10.9 Å². The van der Waals surface area contributed by atoms with E-state index in [0.717, 1.165) is 9.86 Å². The average molecular weight is 473 g/mol. The lowest BCUT2D eigenvalue weighted by Gasteiger charge is -2.12. The summed E-state index contributed by atoms with van der Waals surface area (Å²) in [6.07, 6.45) is 1.58. The molecule has 3 rings (SSSR count). The molecular weight excluding hydrogens is 462 g/mol. The minimum Gasteiger partial charge on any atom is -0.497 e. The summed E-state index contributed by atoms with van der Waals surface area (Å²) in [7, 11) is -2.50. The molecule has 0 spiro atoms. The van der Waals surface area contributed by atoms with Crippen LogP contribution >= 0.6 is 31.9 Å². The molecule has 0 atom stereocenters. The molecule has 124 valence electrons. The Hall–Kier alpha value is -1.64. The van der Waals surface area contributed by atoms with Gasteiger partial charge in [-0.15, -0.1) is 0 Å². The van der Waals surface area contributed by atoms with Crippen LogP contribution in [0.3, 0.4) is 0 Å². The van der Waals surface area contributed by atoms with Gasteiger partial charge >= 0.3 is 10.1 Å². The van der Waals surface area contributed by atoms with Gasteiger partial charge in [-0.3, -0.25) is 4.98 Å². The second-order valence-electron chi connectivity index (χ2n) is 4.78. The quantitative estimate of drug-likeness (QED) is 0.521. The van der Waals surface area contributed by atoms with Gasteiger partial charge in [-0.25, -0.2) is 0 Å². The summed E-state index contributed by atoms with van der Waals surface area (Å²) in [4.78, 5) is 4.27. The number of nitrogens with zero attached hydrogens (tertiary/aromatic N) is 1. The van der Waals surface area contributed by atoms with Crippen molar-refractivity contribution in [1.82, 2.24) is 4.98 Å². The van der Waals surface area contributed by atoms with Crippen LogP contribution in [0.2, 0.25) is 0 Å². The van der Waals surface area contributed by atoms with E-state index in [2.05, 4.69) is 36.8 Å². The molecule has 0 amide bonds. The van der Waals surface area contributed by atoms with Crippen LogP contribution in [0.5, 0.6) is 11.5 Å². The number of ether oxygens (including phenoxy) is 1. The van der Waals surface area contributed by atoms with E-state index in [1.165, 1.54) is 19.2 Å². The van der Waals surface area contributed by atoms with E-state index < -0.39 is 10.1 Å². The number of aromatic nitrogens is 1. The fourth-order valence-corrected chi connectivity index (χ4v) is 4.54. The third-order valence-electron chi connectivity index (χ3n) is 3.29. The first-order valence-electron chi connectivity index (χ1n) is 6.73. The van der Waals surface area contributed by atoms with E-state index in [4.69, 9.17) is 8.92 Å². The summed E-state index contributed by atoms with van der Waals surface area (Å²) in [5, 5.41) is 0.751. The Morgan fingerprint density at radius 1 is 1.04 bits per heavy atom. The van der Waals surface area contributed by atoms with Crippen molar-refractivity contribution in [3.63, 3.8) is 0 Å². The van der Waals surface area contributed by atoms with Crippen LogP contribution in [0.15, 0.2) is 62.5 Å². The van der Waals surface area contributed by atoms with Gasteiger partial charge in [0.25, 0.3) is 0 Å². The third-order valence-corrected chi connectivity index (χ3v) is 5.77. The van der Waals surface area contributed by atoms with E-state index in [1.807, 2.05) is 6.07 Å². The highest BCUT2D eigenvalue weighted by molar-refractivity contribution is 9.11. The number of methoxy groups -OCH3 is 1. The summed E-state index contributed by atoms with van der Waals surface area (Å²) in [6, 6.07) is 11.3. The van der Waals surface area contributed by atoms with Crippen molar-refractivity contribution in [3.8, 4) is 11.5 Å². The molecular formula is C16H11Br2NO4S. The lowest BCUT2D eigenvalue weighted by Crippen LogP contribution is -2.10. The Morgan fingerprint density at radius 2 is 1.75 bits per heavy atom. The van der Waals surface area contributed by atoms with Gasteiger partial charge in [0.2, 0.25) is 0 Å². The Kier molecular flexibility index (Phi) is 4.80. The summed E-state index contributed by atoms with van der Waals surface area (Å²) in [5.74, 6) is 0.704. The largest absolute Gasteiger partial charge is 0.497 e. The van der Waals surface area contributed by atoms with Crippen LogP contribution in [-0.4, -0.2) is 20.5 Å². The van der Waals surface area contributed by atoms with E-state index in [0.29, 0.717) is 15.7 Å². The van der Waals surface area contributed by atoms with E-state index in [-0.39, 0.29) is 10.6 Å². The van der Waals surface area contributed by atoms with Crippen molar-refractivity contribution in [1.29, 1.82) is 0 Å². The average Bonchev–Trinajstić information content (AvgIpc) is 2.59. The number of fused-ring (bicyclic) bond motifs is 1. The molecule has 24 heavy (non-hydrogen) atoms. The summed E-state index contributed by atoms with van der Waals surface area (Å²) >= 11 is 6.77. The summed E-state index contributed by atoms with van der Waals surface area (Å²) in [5.41, 5.74) is 0.441. The monoisotopic (exact) mass is 471 g/mol. The minimum absolute atomic E-state index is 0.0298. The fraction of sp³-hybridized carbons (Fsp3) is 0.0625. The molecule has 0 aliphatic rings. The van der Waals surface area contributed by atoms with Crippen LogP contribution in [0, 0.1) is 0 Å². The Morgan fingerprint density at radius 3 is 2.42 bits per heavy atom. The lowest BCUT2D eigenvalue weighted by atomic mass is 10.2. The van der Waals surface area contributed by atoms with Gasteiger partial charge in [0.05, 0.1) is 11.6 Å². The molecule has 0 saturated heterocycles. The minimum atomic E-state index is -4.01. The van der Waals surface area contributed by atoms with Crippen molar-refractivity contribution in [2.75, 3.05) is 7.11 Å². The van der Waals surface area contributed by atoms with E-state index in [9.17, 15) is 8.42 Å². The number of pyridine rings is 1. The molecule has 1 heterocycles. The third kappa shape index (κ3) is 3.26. The van der Waals surface area contributed by atoms with Crippen LogP contribution in [0.1, 0.15) is 0 Å². The smallest absolute Gasteiger partial charge is 0.339 e. The number of halogens is 2. The van der Waals surface area contributed by atoms with E-state index >= 15 is 0 Å². The molecule has 0 aliphatic carbocycles. The Balaban J connectivity index is 2.08. The second kappa shape index (κ2) is 6.70. The molecule has 0 unspecified atom stereocenters. The van der Waals surface area contributed by atoms with Crippen LogP contribution < -0.4 is 8.92 Å². The zero-order valence-electron chi connectivity index (χ0n) is 12.4. The van der Waals surface area contributed by atoms with Crippen molar-refractivity contribution in [3.05, 3.63) is 57.6 Å². The molecule has 0 aliphatic heterocycles. The molecule has 5 nitrogen and oxygen atoms in total. The molecule has 0 saturated carbocycles. The number of benzene rings is 2. The van der Waals surface area contributed by atoms with Gasteiger partial charge in [-0.1, -0.05) is 22.0 Å². The highest BCUT2D eigenvalue weighted by Crippen LogP contribution is 2.38. The predicted octanol–water partition coefficient (Wildman–Crippen LogP) is 4.54. The first-order valence-corrected chi connectivity index (χ1v) is 9.73. The second-order valence-corrected chi connectivity index (χ2v) is 8.04. The lowest BCUT2D eigenvalue weighted by molar-refractivity contribution is 0.414. The molecule has 1 aromatic heterocycles. The molecule has 3 aromatic rings. The van der Waals surface area contributed by atoms with Gasteiger partial charge in [-0.2, -0.15) is 8.42 Å². The Labute approximate surface area is 156 Å². The molecule has 2 aromatic carbocycles. The highest BCUT2D eigenvalue weighted by Gasteiger charge is 2.21. The summed E-state index contributed by atoms with van der Waals surface area (Å²) < 4.78 is 36.8. The maximum atomic E-state index is 12.6.